The second-order valence-corrected chi connectivity index (χ2v) is 2.01. The zero-order chi connectivity index (χ0) is 6.69. The van der Waals surface area contributed by atoms with Crippen molar-refractivity contribution >= 4 is 16.3 Å². The van der Waals surface area contributed by atoms with Crippen molar-refractivity contribution in [2.24, 2.45) is 0 Å². The molecule has 0 fully saturated rings. The molecular weight excluding hydrogens is 180 g/mol. The van der Waals surface area contributed by atoms with Gasteiger partial charge in [-0.1, -0.05) is 18.2 Å². The summed E-state index contributed by atoms with van der Waals surface area (Å²) in [6.07, 6.45) is 0. The Labute approximate surface area is 63.1 Å². The Balaban J connectivity index is 3.01. The van der Waals surface area contributed by atoms with E-state index in [9.17, 15) is 0 Å². The van der Waals surface area contributed by atoms with Gasteiger partial charge in [-0.25, -0.2) is 0 Å². The lowest BCUT2D eigenvalue weighted by molar-refractivity contribution is 0.675. The lowest BCUT2D eigenvalue weighted by atomic mass is 10.2. The summed E-state index contributed by atoms with van der Waals surface area (Å²) in [5.74, 6) is 0.762. The Morgan fingerprint density at radius 3 is 2.44 bits per heavy atom. The van der Waals surface area contributed by atoms with Crippen LogP contribution in [0.3, 0.4) is 0 Å². The van der Waals surface area contributed by atoms with Crippen molar-refractivity contribution in [2.75, 3.05) is 0 Å². The Morgan fingerprint density at radius 2 is 2.00 bits per heavy atom. The van der Waals surface area contributed by atoms with E-state index in [4.69, 9.17) is 3.83 Å². The van der Waals surface area contributed by atoms with Crippen LogP contribution in [0.1, 0.15) is 5.56 Å². The third-order valence-corrected chi connectivity index (χ3v) is 1.40. The molecule has 0 unspecified atom stereocenters. The normalized spacial score (nSPS) is 9.11. The number of hydrogen-bond donors (Lipinski definition) is 0. The van der Waals surface area contributed by atoms with Gasteiger partial charge in [0.15, 0.2) is 16.3 Å². The molecule has 0 aliphatic heterocycles. The number of para-hydroxylation sites is 1. The summed E-state index contributed by atoms with van der Waals surface area (Å²) >= 11 is 2.87. The molecule has 9 heavy (non-hydrogen) atoms. The molecule has 0 bridgehead atoms. The molecule has 0 N–H and O–H groups in total. The van der Waals surface area contributed by atoms with Crippen LogP contribution < -0.4 is 3.83 Å². The predicted octanol–water partition coefficient (Wildman–Crippen LogP) is 2.56. The molecule has 1 aromatic carbocycles. The van der Waals surface area contributed by atoms with Crippen molar-refractivity contribution < 1.29 is 3.83 Å². The highest BCUT2D eigenvalue weighted by Crippen LogP contribution is 2.17. The van der Waals surface area contributed by atoms with Crippen molar-refractivity contribution in [3.8, 4) is 5.75 Å². The number of halogens is 1. The minimum Gasteiger partial charge on any atom is -0.418 e. The van der Waals surface area contributed by atoms with E-state index in [0.29, 0.717) is 0 Å². The van der Waals surface area contributed by atoms with Gasteiger partial charge < -0.3 is 3.83 Å². The second kappa shape index (κ2) is 2.87. The van der Waals surface area contributed by atoms with Crippen LogP contribution >= 0.6 is 16.3 Å². The van der Waals surface area contributed by atoms with Crippen LogP contribution in [0.25, 0.3) is 0 Å². The van der Waals surface area contributed by atoms with Crippen LogP contribution in [0.4, 0.5) is 0 Å². The van der Waals surface area contributed by atoms with Crippen molar-refractivity contribution in [3.63, 3.8) is 0 Å². The van der Waals surface area contributed by atoms with E-state index >= 15 is 0 Å². The number of hydrogen-bond acceptors (Lipinski definition) is 1. The molecule has 1 rings (SSSR count). The molecule has 0 spiro atoms. The SMILES string of the molecule is [CH2]c1ccccc1OBr. The molecule has 0 amide bonds. The molecule has 0 saturated heterocycles. The van der Waals surface area contributed by atoms with Crippen LogP contribution in [-0.2, 0) is 0 Å². The van der Waals surface area contributed by atoms with Gasteiger partial charge in [-0.15, -0.1) is 0 Å². The van der Waals surface area contributed by atoms with Crippen LogP contribution in [0, 0.1) is 6.92 Å². The van der Waals surface area contributed by atoms with E-state index in [1.165, 1.54) is 0 Å². The number of benzene rings is 1. The largest absolute Gasteiger partial charge is 0.418 e. The molecule has 0 atom stereocenters. The molecule has 0 aliphatic rings. The highest BCUT2D eigenvalue weighted by molar-refractivity contribution is 9.06. The molecular formula is C7H6BrO. The van der Waals surface area contributed by atoms with E-state index in [1.54, 1.807) is 0 Å². The Kier molecular flexibility index (Phi) is 2.11. The maximum atomic E-state index is 4.79. The van der Waals surface area contributed by atoms with Crippen LogP contribution in [-0.4, -0.2) is 0 Å². The average molecular weight is 186 g/mol. The van der Waals surface area contributed by atoms with E-state index in [2.05, 4.69) is 23.2 Å². The lowest BCUT2D eigenvalue weighted by Gasteiger charge is -1.97. The van der Waals surface area contributed by atoms with Gasteiger partial charge in [-0.3, -0.25) is 0 Å². The fourth-order valence-corrected chi connectivity index (χ4v) is 0.895. The first-order valence-electron chi connectivity index (χ1n) is 2.54. The zero-order valence-electron chi connectivity index (χ0n) is 4.80. The van der Waals surface area contributed by atoms with Crippen molar-refractivity contribution in [3.05, 3.63) is 36.8 Å². The minimum atomic E-state index is 0.762. The highest BCUT2D eigenvalue weighted by Gasteiger charge is 1.92. The fourth-order valence-electron chi connectivity index (χ4n) is 0.579. The summed E-state index contributed by atoms with van der Waals surface area (Å²) in [4.78, 5) is 0. The highest BCUT2D eigenvalue weighted by atomic mass is 79.9. The molecule has 2 heteroatoms. The summed E-state index contributed by atoms with van der Waals surface area (Å²) in [5.41, 5.74) is 0.884. The van der Waals surface area contributed by atoms with Gasteiger partial charge in [0.1, 0.15) is 5.75 Å². The zero-order valence-corrected chi connectivity index (χ0v) is 6.39. The van der Waals surface area contributed by atoms with Crippen LogP contribution in [0.15, 0.2) is 24.3 Å². The summed E-state index contributed by atoms with van der Waals surface area (Å²) in [7, 11) is 0. The average Bonchev–Trinajstić information content (AvgIpc) is 1.89. The lowest BCUT2D eigenvalue weighted by Crippen LogP contribution is -1.77. The first-order chi connectivity index (χ1) is 4.34. The predicted molar refractivity (Wildman–Crippen MR) is 40.5 cm³/mol. The summed E-state index contributed by atoms with van der Waals surface area (Å²) < 4.78 is 4.79. The smallest absolute Gasteiger partial charge is 0.179 e. The molecule has 0 saturated carbocycles. The van der Waals surface area contributed by atoms with Crippen LogP contribution in [0.2, 0.25) is 0 Å². The maximum absolute atomic E-state index is 4.79. The van der Waals surface area contributed by atoms with Crippen LogP contribution in [0.5, 0.6) is 5.75 Å². The molecule has 1 radical (unpaired) electrons. The molecule has 1 aromatic rings. The molecule has 1 nitrogen and oxygen atoms in total. The first kappa shape index (κ1) is 6.62. The molecule has 0 aliphatic carbocycles. The van der Waals surface area contributed by atoms with Gasteiger partial charge in [0.05, 0.1) is 0 Å². The molecule has 47 valence electrons. The Bertz CT molecular complexity index is 198. The Morgan fingerprint density at radius 1 is 1.33 bits per heavy atom. The van der Waals surface area contributed by atoms with Crippen molar-refractivity contribution in [1.82, 2.24) is 0 Å². The van der Waals surface area contributed by atoms with Gasteiger partial charge in [0.25, 0.3) is 0 Å². The number of rotatable bonds is 1. The Hall–Kier alpha value is -0.500. The van der Waals surface area contributed by atoms with E-state index < -0.39 is 0 Å². The summed E-state index contributed by atoms with van der Waals surface area (Å²) in [6.45, 7) is 3.74. The summed E-state index contributed by atoms with van der Waals surface area (Å²) in [5, 5.41) is 0. The third-order valence-electron chi connectivity index (χ3n) is 1.06. The van der Waals surface area contributed by atoms with Gasteiger partial charge in [-0.2, -0.15) is 0 Å². The van der Waals surface area contributed by atoms with E-state index in [1.807, 2.05) is 24.3 Å². The quantitative estimate of drug-likeness (QED) is 0.654. The monoisotopic (exact) mass is 185 g/mol. The topological polar surface area (TPSA) is 9.23 Å². The van der Waals surface area contributed by atoms with Gasteiger partial charge in [0, 0.05) is 0 Å². The minimum absolute atomic E-state index is 0.762. The van der Waals surface area contributed by atoms with E-state index in [-0.39, 0.29) is 0 Å². The van der Waals surface area contributed by atoms with Crippen molar-refractivity contribution in [1.29, 1.82) is 0 Å². The molecule has 0 heterocycles. The third kappa shape index (κ3) is 1.45. The molecule has 0 aromatic heterocycles. The second-order valence-electron chi connectivity index (χ2n) is 1.68. The van der Waals surface area contributed by atoms with Gasteiger partial charge in [-0.05, 0) is 18.6 Å². The van der Waals surface area contributed by atoms with E-state index in [0.717, 1.165) is 11.3 Å². The van der Waals surface area contributed by atoms with Gasteiger partial charge in [0.2, 0.25) is 0 Å². The summed E-state index contributed by atoms with van der Waals surface area (Å²) in [6, 6.07) is 7.54. The van der Waals surface area contributed by atoms with Gasteiger partial charge >= 0.3 is 0 Å². The standard InChI is InChI=1S/C7H6BrO/c1-6-4-2-3-5-7(6)9-8/h2-5H,1H2. The first-order valence-corrected chi connectivity index (χ1v) is 3.19. The fraction of sp³-hybridized carbons (Fsp3) is 0. The van der Waals surface area contributed by atoms with Crippen molar-refractivity contribution in [2.45, 2.75) is 0 Å². The maximum Gasteiger partial charge on any atom is 0.179 e.